The van der Waals surface area contributed by atoms with Gasteiger partial charge in [0.25, 0.3) is 5.69 Å². The van der Waals surface area contributed by atoms with E-state index >= 15 is 0 Å². The van der Waals surface area contributed by atoms with E-state index in [0.717, 1.165) is 5.56 Å². The Bertz CT molecular complexity index is 777. The van der Waals surface area contributed by atoms with Crippen LogP contribution < -0.4 is 5.73 Å². The fourth-order valence-corrected chi connectivity index (χ4v) is 3.11. The van der Waals surface area contributed by atoms with Gasteiger partial charge in [0.1, 0.15) is 36.5 Å². The molecule has 1 aromatic carbocycles. The van der Waals surface area contributed by atoms with Gasteiger partial charge in [-0.05, 0) is 12.5 Å². The summed E-state index contributed by atoms with van der Waals surface area (Å²) in [5.74, 6) is 0.352. The molecule has 5 N–H and O–H groups in total. The van der Waals surface area contributed by atoms with Gasteiger partial charge in [0.2, 0.25) is 0 Å². The van der Waals surface area contributed by atoms with Crippen LogP contribution in [0.15, 0.2) is 36.7 Å². The lowest BCUT2D eigenvalue weighted by Crippen LogP contribution is -2.43. The molecule has 2 aromatic rings. The SMILES string of the molecule is CC(c1ccc([N+](=O)[O-])cc1)n1ccnc1[C@@H]1O[C@H](C(N)O)[C@@H](O)[C@H]1O. The molecule has 1 aromatic heterocycles. The van der Waals surface area contributed by atoms with Crippen molar-refractivity contribution in [1.29, 1.82) is 0 Å². The Morgan fingerprint density at radius 2 is 1.96 bits per heavy atom. The van der Waals surface area contributed by atoms with Crippen molar-refractivity contribution in [2.24, 2.45) is 5.73 Å². The normalized spacial score (nSPS) is 28.0. The van der Waals surface area contributed by atoms with Crippen molar-refractivity contribution < 1.29 is 25.0 Å². The molecule has 26 heavy (non-hydrogen) atoms. The third kappa shape index (κ3) is 3.20. The molecule has 6 atom stereocenters. The maximum atomic E-state index is 10.8. The number of hydrogen-bond donors (Lipinski definition) is 4. The fourth-order valence-electron chi connectivity index (χ4n) is 3.11. The number of ether oxygens (including phenoxy) is 1. The van der Waals surface area contributed by atoms with E-state index in [9.17, 15) is 25.4 Å². The van der Waals surface area contributed by atoms with Crippen molar-refractivity contribution in [3.05, 3.63) is 58.2 Å². The molecule has 0 amide bonds. The Morgan fingerprint density at radius 3 is 2.50 bits per heavy atom. The molecule has 2 heterocycles. The Morgan fingerprint density at radius 1 is 1.31 bits per heavy atom. The first-order valence-corrected chi connectivity index (χ1v) is 8.03. The second-order valence-corrected chi connectivity index (χ2v) is 6.21. The first-order chi connectivity index (χ1) is 12.3. The average Bonchev–Trinajstić information content (AvgIpc) is 3.20. The van der Waals surface area contributed by atoms with Crippen molar-refractivity contribution in [2.75, 3.05) is 0 Å². The van der Waals surface area contributed by atoms with Crippen molar-refractivity contribution >= 4 is 5.69 Å². The van der Waals surface area contributed by atoms with Crippen LogP contribution in [0.4, 0.5) is 5.69 Å². The standard InChI is InChI=1S/C16H20N4O6/c1-8(9-2-4-10(5-3-9)20(24)25)19-7-6-18-16(19)14-12(22)11(21)13(26-14)15(17)23/h2-8,11-15,21-23H,17H2,1H3/t8?,11-,12+,13-,14+,15?/m0/s1. The van der Waals surface area contributed by atoms with Gasteiger partial charge in [-0.15, -0.1) is 0 Å². The van der Waals surface area contributed by atoms with Crippen LogP contribution in [0.1, 0.15) is 30.5 Å². The smallest absolute Gasteiger partial charge is 0.269 e. The third-order valence-electron chi connectivity index (χ3n) is 4.59. The van der Waals surface area contributed by atoms with Crippen LogP contribution in [-0.2, 0) is 4.74 Å². The molecule has 1 fully saturated rings. The fraction of sp³-hybridized carbons (Fsp3) is 0.438. The van der Waals surface area contributed by atoms with E-state index < -0.39 is 35.6 Å². The van der Waals surface area contributed by atoms with E-state index in [1.165, 1.54) is 18.3 Å². The van der Waals surface area contributed by atoms with Crippen LogP contribution in [0, 0.1) is 10.1 Å². The zero-order valence-electron chi connectivity index (χ0n) is 13.9. The Hall–Kier alpha value is -2.37. The molecule has 1 saturated heterocycles. The molecule has 0 saturated carbocycles. The van der Waals surface area contributed by atoms with E-state index in [1.807, 2.05) is 6.92 Å². The van der Waals surface area contributed by atoms with Gasteiger partial charge < -0.3 is 30.4 Å². The molecule has 1 aliphatic heterocycles. The number of aliphatic hydroxyl groups excluding tert-OH is 3. The topological polar surface area (TPSA) is 157 Å². The summed E-state index contributed by atoms with van der Waals surface area (Å²) in [6.07, 6.45) is -3.00. The summed E-state index contributed by atoms with van der Waals surface area (Å²) in [7, 11) is 0. The largest absolute Gasteiger partial charge is 0.387 e. The minimum atomic E-state index is -1.44. The Balaban J connectivity index is 1.87. The molecule has 0 aliphatic carbocycles. The average molecular weight is 364 g/mol. The molecule has 0 bridgehead atoms. The zero-order chi connectivity index (χ0) is 19.0. The lowest BCUT2D eigenvalue weighted by atomic mass is 10.0. The van der Waals surface area contributed by atoms with E-state index in [2.05, 4.69) is 4.98 Å². The molecule has 0 spiro atoms. The maximum absolute atomic E-state index is 10.8. The van der Waals surface area contributed by atoms with Crippen molar-refractivity contribution in [2.45, 2.75) is 43.6 Å². The van der Waals surface area contributed by atoms with Gasteiger partial charge in [-0.3, -0.25) is 10.1 Å². The van der Waals surface area contributed by atoms with Gasteiger partial charge in [-0.25, -0.2) is 4.98 Å². The number of non-ortho nitro benzene ring substituents is 1. The van der Waals surface area contributed by atoms with Crippen molar-refractivity contribution in [3.63, 3.8) is 0 Å². The predicted octanol–water partition coefficient (Wildman–Crippen LogP) is -0.161. The predicted molar refractivity (Wildman–Crippen MR) is 89.0 cm³/mol. The molecule has 2 unspecified atom stereocenters. The van der Waals surface area contributed by atoms with Gasteiger partial charge in [-0.2, -0.15) is 0 Å². The monoisotopic (exact) mass is 364 g/mol. The number of nitro groups is 1. The molecule has 10 heteroatoms. The zero-order valence-corrected chi connectivity index (χ0v) is 13.9. The van der Waals surface area contributed by atoms with Crippen LogP contribution in [0.5, 0.6) is 0 Å². The molecule has 3 rings (SSSR count). The number of aliphatic hydroxyl groups is 3. The number of imidazole rings is 1. The minimum Gasteiger partial charge on any atom is -0.387 e. The second kappa shape index (κ2) is 7.09. The third-order valence-corrected chi connectivity index (χ3v) is 4.59. The number of benzene rings is 1. The van der Waals surface area contributed by atoms with Crippen LogP contribution in [0.25, 0.3) is 0 Å². The Labute approximate surface area is 148 Å². The Kier molecular flexibility index (Phi) is 5.03. The maximum Gasteiger partial charge on any atom is 0.269 e. The van der Waals surface area contributed by atoms with Gasteiger partial charge >= 0.3 is 0 Å². The number of nitrogens with zero attached hydrogens (tertiary/aromatic N) is 3. The molecule has 1 aliphatic rings. The molecular weight excluding hydrogens is 344 g/mol. The highest BCUT2D eigenvalue weighted by Crippen LogP contribution is 2.35. The second-order valence-electron chi connectivity index (χ2n) is 6.21. The highest BCUT2D eigenvalue weighted by Gasteiger charge is 2.47. The van der Waals surface area contributed by atoms with Crippen LogP contribution >= 0.6 is 0 Å². The summed E-state index contributed by atoms with van der Waals surface area (Å²) in [4.78, 5) is 14.5. The lowest BCUT2D eigenvalue weighted by Gasteiger charge is -2.21. The van der Waals surface area contributed by atoms with E-state index in [1.54, 1.807) is 22.9 Å². The van der Waals surface area contributed by atoms with Gasteiger partial charge in [0.15, 0.2) is 0 Å². The first-order valence-electron chi connectivity index (χ1n) is 8.03. The van der Waals surface area contributed by atoms with E-state index in [-0.39, 0.29) is 11.7 Å². The van der Waals surface area contributed by atoms with E-state index in [0.29, 0.717) is 5.82 Å². The summed E-state index contributed by atoms with van der Waals surface area (Å²) in [5, 5.41) is 40.5. The summed E-state index contributed by atoms with van der Waals surface area (Å²) in [6.45, 7) is 1.86. The number of rotatable bonds is 5. The van der Waals surface area contributed by atoms with Gasteiger partial charge in [0, 0.05) is 24.5 Å². The highest BCUT2D eigenvalue weighted by atomic mass is 16.6. The number of nitro benzene ring substituents is 1. The lowest BCUT2D eigenvalue weighted by molar-refractivity contribution is -0.384. The number of nitrogens with two attached hydrogens (primary N) is 1. The molecule has 0 radical (unpaired) electrons. The quantitative estimate of drug-likeness (QED) is 0.324. The van der Waals surface area contributed by atoms with Crippen LogP contribution in [0.3, 0.4) is 0 Å². The molecule has 140 valence electrons. The summed E-state index contributed by atoms with van der Waals surface area (Å²) in [5.41, 5.74) is 6.15. The van der Waals surface area contributed by atoms with Crippen LogP contribution in [-0.4, -0.2) is 54.3 Å². The van der Waals surface area contributed by atoms with Crippen LogP contribution in [0.2, 0.25) is 0 Å². The van der Waals surface area contributed by atoms with Crippen molar-refractivity contribution in [3.8, 4) is 0 Å². The number of aromatic nitrogens is 2. The summed E-state index contributed by atoms with van der Waals surface area (Å²) < 4.78 is 7.25. The molecular formula is C16H20N4O6. The summed E-state index contributed by atoms with van der Waals surface area (Å²) >= 11 is 0. The van der Waals surface area contributed by atoms with Crippen molar-refractivity contribution in [1.82, 2.24) is 9.55 Å². The highest BCUT2D eigenvalue weighted by molar-refractivity contribution is 5.34. The number of hydrogen-bond acceptors (Lipinski definition) is 8. The van der Waals surface area contributed by atoms with Gasteiger partial charge in [0.05, 0.1) is 11.0 Å². The van der Waals surface area contributed by atoms with E-state index in [4.69, 9.17) is 10.5 Å². The first kappa shape index (κ1) is 18.4. The van der Waals surface area contributed by atoms with Gasteiger partial charge in [-0.1, -0.05) is 12.1 Å². The minimum absolute atomic E-state index is 0.00995. The molecule has 10 nitrogen and oxygen atoms in total. The summed E-state index contributed by atoms with van der Waals surface area (Å²) in [6, 6.07) is 5.84.